The van der Waals surface area contributed by atoms with E-state index < -0.39 is 0 Å². The van der Waals surface area contributed by atoms with Gasteiger partial charge >= 0.3 is 0 Å². The topological polar surface area (TPSA) is 38.9 Å². The van der Waals surface area contributed by atoms with E-state index in [1.165, 1.54) is 53.2 Å². The molecule has 3 aromatic carbocycles. The Morgan fingerprint density at radius 1 is 0.622 bits per heavy atom. The van der Waals surface area contributed by atoms with Gasteiger partial charge in [-0.1, -0.05) is 76.2 Å². The molecular formula is C34H34N2O. The van der Waals surface area contributed by atoms with Crippen LogP contribution in [0.15, 0.2) is 77.2 Å². The van der Waals surface area contributed by atoms with Gasteiger partial charge in [0.15, 0.2) is 5.58 Å². The quantitative estimate of drug-likeness (QED) is 0.245. The fourth-order valence-electron chi connectivity index (χ4n) is 6.01. The maximum atomic E-state index is 6.09. The molecule has 0 aliphatic heterocycles. The molecule has 186 valence electrons. The molecule has 0 fully saturated rings. The van der Waals surface area contributed by atoms with E-state index >= 15 is 0 Å². The molecule has 0 atom stereocenters. The second-order valence-corrected chi connectivity index (χ2v) is 10.8. The summed E-state index contributed by atoms with van der Waals surface area (Å²) < 4.78 is 6.09. The number of fused-ring (bicyclic) bond motifs is 6. The average molecular weight is 487 g/mol. The molecule has 6 aromatic rings. The van der Waals surface area contributed by atoms with E-state index in [-0.39, 0.29) is 0 Å². The van der Waals surface area contributed by atoms with Crippen molar-refractivity contribution in [3.8, 4) is 0 Å². The summed E-state index contributed by atoms with van der Waals surface area (Å²) in [6.07, 6.45) is 5.02. The van der Waals surface area contributed by atoms with Crippen LogP contribution in [0.25, 0.3) is 43.9 Å². The summed E-state index contributed by atoms with van der Waals surface area (Å²) in [6.45, 7) is 9.01. The highest BCUT2D eigenvalue weighted by Gasteiger charge is 2.20. The Morgan fingerprint density at radius 2 is 1.19 bits per heavy atom. The molecule has 0 spiro atoms. The minimum Gasteiger partial charge on any atom is -0.454 e. The Morgan fingerprint density at radius 3 is 1.89 bits per heavy atom. The molecule has 0 saturated carbocycles. The van der Waals surface area contributed by atoms with Crippen LogP contribution in [-0.4, -0.2) is 9.97 Å². The fourth-order valence-corrected chi connectivity index (χ4v) is 6.01. The molecule has 0 radical (unpaired) electrons. The first-order valence-electron chi connectivity index (χ1n) is 13.6. The van der Waals surface area contributed by atoms with E-state index in [2.05, 4.69) is 76.2 Å². The predicted molar refractivity (Wildman–Crippen MR) is 156 cm³/mol. The van der Waals surface area contributed by atoms with Gasteiger partial charge < -0.3 is 4.42 Å². The zero-order valence-corrected chi connectivity index (χ0v) is 22.2. The summed E-state index contributed by atoms with van der Waals surface area (Å²) in [7, 11) is 0. The minimum atomic E-state index is 0.394. The summed E-state index contributed by atoms with van der Waals surface area (Å²) in [4.78, 5) is 9.67. The average Bonchev–Trinajstić information content (AvgIpc) is 3.28. The summed E-state index contributed by atoms with van der Waals surface area (Å²) in [5.41, 5.74) is 10.7. The van der Waals surface area contributed by atoms with E-state index in [0.717, 1.165) is 27.6 Å². The van der Waals surface area contributed by atoms with Crippen molar-refractivity contribution in [1.82, 2.24) is 9.97 Å². The van der Waals surface area contributed by atoms with Crippen LogP contribution >= 0.6 is 0 Å². The second-order valence-electron chi connectivity index (χ2n) is 10.8. The van der Waals surface area contributed by atoms with Gasteiger partial charge in [0.05, 0.1) is 11.0 Å². The maximum Gasteiger partial charge on any atom is 0.157 e. The Kier molecular flexibility index (Phi) is 6.16. The Bertz CT molecular complexity index is 1740. The number of pyridine rings is 2. The lowest BCUT2D eigenvalue weighted by Crippen LogP contribution is -2.10. The number of hydrogen-bond acceptors (Lipinski definition) is 3. The molecule has 0 saturated heterocycles. The van der Waals surface area contributed by atoms with Crippen molar-refractivity contribution in [3.05, 3.63) is 95.2 Å². The third-order valence-electron chi connectivity index (χ3n) is 7.61. The lowest BCUT2D eigenvalue weighted by molar-refractivity contribution is 0.657. The van der Waals surface area contributed by atoms with E-state index in [0.29, 0.717) is 11.8 Å². The van der Waals surface area contributed by atoms with Gasteiger partial charge in [-0.3, -0.25) is 4.98 Å². The largest absolute Gasteiger partial charge is 0.454 e. The zero-order valence-electron chi connectivity index (χ0n) is 22.2. The molecule has 0 bridgehead atoms. The molecule has 0 N–H and O–H groups in total. The standard InChI is InChI=1S/C18H15NO.C16H19N/c1-11(2)16-12-7-3-5-9-14(12)19-17-13-8-4-6-10-15(13)20-18(16)17;1-11(2)16-12-7-3-5-9-14(12)17-15-10-6-4-8-13(15)16/h3-11H,1-2H3;3,5,7,9,11H,4,6,8,10H2,1-2H3. The first kappa shape index (κ1) is 23.7. The molecular weight excluding hydrogens is 452 g/mol. The molecule has 0 unspecified atom stereocenters. The lowest BCUT2D eigenvalue weighted by Gasteiger charge is -2.22. The van der Waals surface area contributed by atoms with Crippen LogP contribution in [-0.2, 0) is 12.8 Å². The summed E-state index contributed by atoms with van der Waals surface area (Å²) >= 11 is 0. The molecule has 3 nitrogen and oxygen atoms in total. The second kappa shape index (κ2) is 9.63. The van der Waals surface area contributed by atoms with Gasteiger partial charge in [-0.25, -0.2) is 4.98 Å². The Balaban J connectivity index is 0.000000138. The van der Waals surface area contributed by atoms with Crippen molar-refractivity contribution in [3.63, 3.8) is 0 Å². The summed E-state index contributed by atoms with van der Waals surface area (Å²) in [5.74, 6) is 0.987. The van der Waals surface area contributed by atoms with Gasteiger partial charge in [-0.05, 0) is 72.9 Å². The Hall–Kier alpha value is -3.72. The minimum absolute atomic E-state index is 0.394. The van der Waals surface area contributed by atoms with Crippen LogP contribution in [0, 0.1) is 0 Å². The number of para-hydroxylation sites is 3. The predicted octanol–water partition coefficient (Wildman–Crippen LogP) is 9.49. The monoisotopic (exact) mass is 486 g/mol. The molecule has 37 heavy (non-hydrogen) atoms. The van der Waals surface area contributed by atoms with Crippen LogP contribution in [0.1, 0.15) is 74.8 Å². The summed E-state index contributed by atoms with van der Waals surface area (Å²) in [5, 5.41) is 3.65. The SMILES string of the molecule is CC(C)c1c2c(nc3ccccc13)CCCC2.CC(C)c1c2ccccc2nc2c1oc1ccccc12. The highest BCUT2D eigenvalue weighted by atomic mass is 16.3. The third kappa shape index (κ3) is 4.17. The number of nitrogens with zero attached hydrogens (tertiary/aromatic N) is 2. The van der Waals surface area contributed by atoms with Gasteiger partial charge in [0, 0.05) is 27.4 Å². The number of furan rings is 1. The molecule has 3 heterocycles. The van der Waals surface area contributed by atoms with Crippen LogP contribution < -0.4 is 0 Å². The van der Waals surface area contributed by atoms with Crippen molar-refractivity contribution in [1.29, 1.82) is 0 Å². The van der Waals surface area contributed by atoms with Crippen LogP contribution in [0.5, 0.6) is 0 Å². The van der Waals surface area contributed by atoms with Crippen LogP contribution in [0.4, 0.5) is 0 Å². The van der Waals surface area contributed by atoms with Gasteiger partial charge in [-0.2, -0.15) is 0 Å². The number of benzene rings is 3. The number of rotatable bonds is 2. The van der Waals surface area contributed by atoms with Gasteiger partial charge in [-0.15, -0.1) is 0 Å². The highest BCUT2D eigenvalue weighted by Crippen LogP contribution is 2.37. The Labute approximate surface area is 218 Å². The number of aryl methyl sites for hydroxylation is 1. The van der Waals surface area contributed by atoms with Crippen LogP contribution in [0.2, 0.25) is 0 Å². The molecule has 3 heteroatoms. The molecule has 0 amide bonds. The summed E-state index contributed by atoms with van der Waals surface area (Å²) in [6, 6.07) is 25.0. The van der Waals surface area contributed by atoms with Crippen molar-refractivity contribution in [2.45, 2.75) is 65.2 Å². The highest BCUT2D eigenvalue weighted by molar-refractivity contribution is 6.08. The van der Waals surface area contributed by atoms with Gasteiger partial charge in [0.2, 0.25) is 0 Å². The molecule has 3 aromatic heterocycles. The van der Waals surface area contributed by atoms with Crippen LogP contribution in [0.3, 0.4) is 0 Å². The molecule has 7 rings (SSSR count). The van der Waals surface area contributed by atoms with Gasteiger partial charge in [0.1, 0.15) is 11.1 Å². The first-order valence-corrected chi connectivity index (χ1v) is 13.6. The first-order chi connectivity index (χ1) is 18.0. The van der Waals surface area contributed by atoms with Gasteiger partial charge in [0.25, 0.3) is 0 Å². The number of hydrogen-bond donors (Lipinski definition) is 0. The van der Waals surface area contributed by atoms with E-state index in [4.69, 9.17) is 14.4 Å². The molecule has 1 aliphatic rings. The van der Waals surface area contributed by atoms with Crippen molar-refractivity contribution in [2.24, 2.45) is 0 Å². The van der Waals surface area contributed by atoms with Crippen molar-refractivity contribution < 1.29 is 4.42 Å². The molecule has 1 aliphatic carbocycles. The number of aromatic nitrogens is 2. The normalized spacial score (nSPS) is 13.5. The van der Waals surface area contributed by atoms with Crippen molar-refractivity contribution in [2.75, 3.05) is 0 Å². The van der Waals surface area contributed by atoms with E-state index in [1.54, 1.807) is 11.1 Å². The lowest BCUT2D eigenvalue weighted by atomic mass is 9.85. The smallest absolute Gasteiger partial charge is 0.157 e. The maximum absolute atomic E-state index is 6.09. The zero-order chi connectivity index (χ0) is 25.5. The van der Waals surface area contributed by atoms with Crippen molar-refractivity contribution >= 4 is 43.9 Å². The van der Waals surface area contributed by atoms with E-state index in [9.17, 15) is 0 Å². The fraction of sp³-hybridized carbons (Fsp3) is 0.294. The van der Waals surface area contributed by atoms with E-state index in [1.807, 2.05) is 24.3 Å². The third-order valence-corrected chi connectivity index (χ3v) is 7.61.